The predicted octanol–water partition coefficient (Wildman–Crippen LogP) is 8.57. The molecule has 1 saturated heterocycles. The number of hydrogen-bond donors (Lipinski definition) is 0. The first-order valence-electron chi connectivity index (χ1n) is 19.5. The maximum absolute atomic E-state index is 4.94. The van der Waals surface area contributed by atoms with Crippen molar-refractivity contribution in [1.82, 2.24) is 9.13 Å². The molecule has 0 atom stereocenters. The molecule has 0 radical (unpaired) electrons. The number of fused-ring (bicyclic) bond motifs is 2. The Kier molecular flexibility index (Phi) is 15.6. The summed E-state index contributed by atoms with van der Waals surface area (Å²) in [5.74, 6) is 0. The topological polar surface area (TPSA) is 26.8 Å². The van der Waals surface area contributed by atoms with E-state index in [-0.39, 0.29) is 12.4 Å². The first-order valence-corrected chi connectivity index (χ1v) is 20.8. The fourth-order valence-electron chi connectivity index (χ4n) is 7.82. The molecule has 1 aliphatic heterocycles. The molecule has 0 spiro atoms. The van der Waals surface area contributed by atoms with Gasteiger partial charge in [-0.15, -0.1) is 0 Å². The second kappa shape index (κ2) is 20.3. The van der Waals surface area contributed by atoms with Crippen LogP contribution in [-0.2, 0) is 19.8 Å². The average molecular weight is 860 g/mol. The Morgan fingerprint density at radius 1 is 0.517 bits per heavy atom. The summed E-state index contributed by atoms with van der Waals surface area (Å²) < 4.78 is 13.8. The van der Waals surface area contributed by atoms with E-state index in [0.717, 1.165) is 35.6 Å². The monoisotopic (exact) mass is 858 g/mol. The Morgan fingerprint density at radius 2 is 0.931 bits per heavy atom. The van der Waals surface area contributed by atoms with Gasteiger partial charge in [0.1, 0.15) is 11.4 Å². The predicted molar refractivity (Wildman–Crippen MR) is 232 cm³/mol. The van der Waals surface area contributed by atoms with Crippen LogP contribution in [0.3, 0.4) is 0 Å². The molecule has 58 heavy (non-hydrogen) atoms. The maximum atomic E-state index is 4.94. The van der Waals surface area contributed by atoms with Crippen molar-refractivity contribution in [2.75, 3.05) is 13.2 Å². The molecular formula is C50H53Cl2CuN4O+. The van der Waals surface area contributed by atoms with Crippen molar-refractivity contribution >= 4 is 32.2 Å². The van der Waals surface area contributed by atoms with E-state index in [1.165, 1.54) is 79.8 Å². The first kappa shape index (κ1) is 44.4. The number of rotatable bonds is 4. The molecule has 0 unspecified atom stereocenters. The minimum absolute atomic E-state index is 0. The van der Waals surface area contributed by atoms with Crippen molar-refractivity contribution in [1.29, 1.82) is 0 Å². The van der Waals surface area contributed by atoms with Gasteiger partial charge in [-0.25, -0.2) is 0 Å². The van der Waals surface area contributed by atoms with Gasteiger partial charge in [0.05, 0.1) is 22.4 Å². The van der Waals surface area contributed by atoms with E-state index in [1.54, 1.807) is 0 Å². The number of hydrogen-bond acceptors (Lipinski definition) is 1. The van der Waals surface area contributed by atoms with Crippen molar-refractivity contribution < 1.29 is 41.4 Å². The van der Waals surface area contributed by atoms with Crippen LogP contribution in [0.4, 0.5) is 0 Å². The summed E-state index contributed by atoms with van der Waals surface area (Å²) in [6.45, 7) is 19.2. The van der Waals surface area contributed by atoms with Crippen molar-refractivity contribution in [3.63, 3.8) is 0 Å². The molecule has 9 rings (SSSR count). The van der Waals surface area contributed by atoms with Gasteiger partial charge in [-0.1, -0.05) is 82.9 Å². The third-order valence-electron chi connectivity index (χ3n) is 9.92. The summed E-state index contributed by atoms with van der Waals surface area (Å²) in [6.07, 6.45) is 8.32. The number of imidazole rings is 2. The van der Waals surface area contributed by atoms with Gasteiger partial charge in [0.25, 0.3) is 12.7 Å². The molecule has 303 valence electrons. The molecule has 6 aromatic carbocycles. The molecule has 0 bridgehead atoms. The van der Waals surface area contributed by atoms with Gasteiger partial charge in [0.15, 0.2) is 11.0 Å². The number of para-hydroxylation sites is 4. The zero-order valence-electron chi connectivity index (χ0n) is 34.7. The third kappa shape index (κ3) is 10.7. The second-order valence-electron chi connectivity index (χ2n) is 15.3. The van der Waals surface area contributed by atoms with E-state index in [4.69, 9.17) is 4.74 Å². The number of benzene rings is 6. The van der Waals surface area contributed by atoms with Crippen LogP contribution in [0, 0.1) is 61.7 Å². The summed E-state index contributed by atoms with van der Waals surface area (Å²) >= 11 is 3.66. The van der Waals surface area contributed by atoms with Crippen LogP contribution in [0.15, 0.2) is 128 Å². The standard InChI is InChI=1S/C23H23N2.C23H22N2.C4H8O.2ClH.Cu/c2*1-16-9-17(2)12-20(11-16)24-15-25(23-8-6-5-7-22(23)24)21-13-18(3)10-19(4)14-21;1-2-4-5-3-1;;;/h5-15H,1-4H3;5-14H,1-4H3;1-4H2;2*1H;/q+1;;;;;+2/p-2. The van der Waals surface area contributed by atoms with E-state index < -0.39 is 0 Å². The van der Waals surface area contributed by atoms with Crippen LogP contribution in [-0.4, -0.2) is 22.3 Å². The van der Waals surface area contributed by atoms with Crippen molar-refractivity contribution in [3.8, 4) is 22.7 Å². The Morgan fingerprint density at radius 3 is 1.41 bits per heavy atom. The van der Waals surface area contributed by atoms with Crippen LogP contribution >= 0.6 is 10.1 Å². The minimum atomic E-state index is 0. The van der Waals surface area contributed by atoms with E-state index in [1.807, 2.05) is 0 Å². The van der Waals surface area contributed by atoms with Crippen LogP contribution in [0.5, 0.6) is 0 Å². The first-order chi connectivity index (χ1) is 27.5. The number of aryl methyl sites for hydroxylation is 8. The molecular weight excluding hydrogens is 807 g/mol. The number of nitrogens with zero attached hydrogens (tertiary/aromatic N) is 4. The molecule has 1 fully saturated rings. The molecule has 0 N–H and O–H groups in total. The Labute approximate surface area is 363 Å². The summed E-state index contributed by atoms with van der Waals surface area (Å²) in [5, 5.41) is 0. The molecule has 2 aromatic heterocycles. The van der Waals surface area contributed by atoms with Crippen LogP contribution < -0.4 is 21.5 Å². The van der Waals surface area contributed by atoms with Crippen molar-refractivity contribution in [3.05, 3.63) is 178 Å². The van der Waals surface area contributed by atoms with Gasteiger partial charge >= 0.3 is 25.2 Å². The zero-order chi connectivity index (χ0) is 40.6. The molecule has 8 aromatic rings. The van der Waals surface area contributed by atoms with E-state index in [2.05, 4.69) is 233 Å². The summed E-state index contributed by atoms with van der Waals surface area (Å²) in [4.78, 5) is 0. The fourth-order valence-corrected chi connectivity index (χ4v) is 7.82. The molecule has 0 aliphatic carbocycles. The van der Waals surface area contributed by atoms with Crippen LogP contribution in [0.25, 0.3) is 44.8 Å². The summed E-state index contributed by atoms with van der Waals surface area (Å²) in [7, 11) is 4.20. The van der Waals surface area contributed by atoms with E-state index in [0.29, 0.717) is 0 Å². The van der Waals surface area contributed by atoms with Gasteiger partial charge in [0, 0.05) is 13.2 Å². The van der Waals surface area contributed by atoms with Crippen LogP contribution in [0.1, 0.15) is 57.3 Å². The van der Waals surface area contributed by atoms with Gasteiger partial charge in [0.2, 0.25) is 0 Å². The van der Waals surface area contributed by atoms with Crippen molar-refractivity contribution in [2.45, 2.75) is 68.2 Å². The Hall–Kier alpha value is -4.68. The van der Waals surface area contributed by atoms with Gasteiger partial charge < -0.3 is 17.1 Å². The van der Waals surface area contributed by atoms with Gasteiger partial charge in [-0.05, 0) is 151 Å². The Balaban J connectivity index is 0.000000187. The van der Waals surface area contributed by atoms with Crippen molar-refractivity contribution in [2.24, 2.45) is 0 Å². The SMILES string of the molecule is C1CCOC1.Cc1cc(C)cc(-n2[c-][n+](-c3cc(C)cc(C)c3)c3ccccc32)c1.Cc1cc(C)cc(-n2c[n+](-c3cc(C)cc(C)c3)c3ccccc32)c1.[Cl-].[Cl][Cu+]. The molecule has 5 nitrogen and oxygen atoms in total. The quantitative estimate of drug-likeness (QED) is 0.0991. The summed E-state index contributed by atoms with van der Waals surface area (Å²) in [5.41, 5.74) is 19.6. The normalized spacial score (nSPS) is 11.8. The zero-order valence-corrected chi connectivity index (χ0v) is 37.2. The molecule has 1 aliphatic rings. The number of aromatic nitrogens is 4. The van der Waals surface area contributed by atoms with Gasteiger partial charge in [-0.3, -0.25) is 9.13 Å². The van der Waals surface area contributed by atoms with Crippen LogP contribution in [0.2, 0.25) is 0 Å². The average Bonchev–Trinajstić information content (AvgIpc) is 3.95. The third-order valence-corrected chi connectivity index (χ3v) is 9.92. The molecule has 8 heteroatoms. The number of halogens is 2. The molecule has 0 amide bonds. The fraction of sp³-hybridized carbons (Fsp3) is 0.240. The van der Waals surface area contributed by atoms with E-state index >= 15 is 0 Å². The number of ether oxygens (including phenoxy) is 1. The Bertz CT molecular complexity index is 2200. The second-order valence-corrected chi connectivity index (χ2v) is 15.3. The van der Waals surface area contributed by atoms with Gasteiger partial charge in [-0.2, -0.15) is 9.13 Å². The molecule has 0 saturated carbocycles. The summed E-state index contributed by atoms with van der Waals surface area (Å²) in [6, 6.07) is 43.7. The van der Waals surface area contributed by atoms with E-state index in [9.17, 15) is 0 Å². The molecule has 3 heterocycles.